The Hall–Kier alpha value is -2.64. The van der Waals surface area contributed by atoms with E-state index < -0.39 is 6.03 Å². The highest BCUT2D eigenvalue weighted by molar-refractivity contribution is 6.03. The topological polar surface area (TPSA) is 93.2 Å². The SMILES string of the molecule is CN=C(NC)NC(=O)Nc1c(OC)ccc(OC)c1OC. The second kappa shape index (κ2) is 7.83. The van der Waals surface area contributed by atoms with Gasteiger partial charge in [0.15, 0.2) is 17.5 Å². The van der Waals surface area contributed by atoms with Crippen molar-refractivity contribution in [3.8, 4) is 17.2 Å². The molecule has 8 nitrogen and oxygen atoms in total. The van der Waals surface area contributed by atoms with E-state index in [1.54, 1.807) is 26.2 Å². The molecular weight excluding hydrogens is 276 g/mol. The van der Waals surface area contributed by atoms with Crippen molar-refractivity contribution in [1.82, 2.24) is 10.6 Å². The number of nitrogens with one attached hydrogen (secondary N) is 3. The Balaban J connectivity index is 3.08. The molecule has 0 atom stereocenters. The summed E-state index contributed by atoms with van der Waals surface area (Å²) in [6.45, 7) is 0. The second-order valence-electron chi connectivity index (χ2n) is 3.78. The number of benzene rings is 1. The Morgan fingerprint density at radius 3 is 2.19 bits per heavy atom. The van der Waals surface area contributed by atoms with E-state index in [4.69, 9.17) is 14.2 Å². The fourth-order valence-electron chi connectivity index (χ4n) is 1.68. The van der Waals surface area contributed by atoms with Crippen molar-refractivity contribution >= 4 is 17.7 Å². The molecule has 0 aromatic heterocycles. The van der Waals surface area contributed by atoms with Gasteiger partial charge in [-0.3, -0.25) is 10.3 Å². The van der Waals surface area contributed by atoms with Gasteiger partial charge in [0.1, 0.15) is 11.4 Å². The van der Waals surface area contributed by atoms with Crippen LogP contribution in [0.4, 0.5) is 10.5 Å². The van der Waals surface area contributed by atoms with Gasteiger partial charge in [0.2, 0.25) is 0 Å². The van der Waals surface area contributed by atoms with Crippen molar-refractivity contribution in [2.45, 2.75) is 0 Å². The van der Waals surface area contributed by atoms with Gasteiger partial charge in [-0.1, -0.05) is 0 Å². The molecule has 1 rings (SSSR count). The Bertz CT molecular complexity index is 531. The number of hydrogen-bond donors (Lipinski definition) is 3. The third-order valence-electron chi connectivity index (χ3n) is 2.66. The fraction of sp³-hybridized carbons (Fsp3) is 0.385. The number of ether oxygens (including phenoxy) is 3. The first-order valence-electron chi connectivity index (χ1n) is 6.12. The van der Waals surface area contributed by atoms with Gasteiger partial charge >= 0.3 is 6.03 Å². The quantitative estimate of drug-likeness (QED) is 0.570. The molecule has 21 heavy (non-hydrogen) atoms. The van der Waals surface area contributed by atoms with Crippen LogP contribution in [0.2, 0.25) is 0 Å². The normalized spacial score (nSPS) is 10.6. The summed E-state index contributed by atoms with van der Waals surface area (Å²) < 4.78 is 15.7. The highest BCUT2D eigenvalue weighted by atomic mass is 16.5. The van der Waals surface area contributed by atoms with E-state index in [0.29, 0.717) is 28.9 Å². The highest BCUT2D eigenvalue weighted by Crippen LogP contribution is 2.41. The van der Waals surface area contributed by atoms with E-state index >= 15 is 0 Å². The molecule has 3 N–H and O–H groups in total. The minimum absolute atomic E-state index is 0.327. The van der Waals surface area contributed by atoms with Crippen LogP contribution in [0.1, 0.15) is 0 Å². The summed E-state index contributed by atoms with van der Waals surface area (Å²) in [5.74, 6) is 1.62. The number of nitrogens with zero attached hydrogens (tertiary/aromatic N) is 1. The van der Waals surface area contributed by atoms with Gasteiger partial charge in [-0.2, -0.15) is 0 Å². The first kappa shape index (κ1) is 16.4. The van der Waals surface area contributed by atoms with Crippen LogP contribution in [0.3, 0.4) is 0 Å². The van der Waals surface area contributed by atoms with Gasteiger partial charge < -0.3 is 24.8 Å². The van der Waals surface area contributed by atoms with E-state index in [-0.39, 0.29) is 0 Å². The molecule has 116 valence electrons. The van der Waals surface area contributed by atoms with Gasteiger partial charge in [0.05, 0.1) is 21.3 Å². The average molecular weight is 296 g/mol. The number of carbonyl (C=O) groups excluding carboxylic acids is 1. The predicted molar refractivity (Wildman–Crippen MR) is 80.7 cm³/mol. The maximum absolute atomic E-state index is 12.0. The van der Waals surface area contributed by atoms with Crippen LogP contribution in [0.25, 0.3) is 0 Å². The third kappa shape index (κ3) is 3.91. The van der Waals surface area contributed by atoms with Crippen LogP contribution < -0.4 is 30.2 Å². The van der Waals surface area contributed by atoms with E-state index in [1.165, 1.54) is 21.3 Å². The molecule has 0 saturated carbocycles. The molecule has 1 aromatic carbocycles. The van der Waals surface area contributed by atoms with Crippen LogP contribution in [0.5, 0.6) is 17.2 Å². The number of anilines is 1. The number of hydrogen-bond acceptors (Lipinski definition) is 5. The lowest BCUT2D eigenvalue weighted by Crippen LogP contribution is -2.41. The Kier molecular flexibility index (Phi) is 6.12. The smallest absolute Gasteiger partial charge is 0.326 e. The summed E-state index contributed by atoms with van der Waals surface area (Å²) >= 11 is 0. The van der Waals surface area contributed by atoms with Crippen molar-refractivity contribution in [3.05, 3.63) is 12.1 Å². The number of aliphatic imine (C=N–C) groups is 1. The summed E-state index contributed by atoms with van der Waals surface area (Å²) in [6.07, 6.45) is 0. The van der Waals surface area contributed by atoms with Crippen LogP contribution in [0.15, 0.2) is 17.1 Å². The van der Waals surface area contributed by atoms with Crippen LogP contribution in [0, 0.1) is 0 Å². The summed E-state index contributed by atoms with van der Waals surface area (Å²) in [5.41, 5.74) is 0.364. The van der Waals surface area contributed by atoms with Crippen LogP contribution in [-0.2, 0) is 0 Å². The van der Waals surface area contributed by atoms with E-state index in [0.717, 1.165) is 0 Å². The lowest BCUT2D eigenvalue weighted by Gasteiger charge is -2.17. The molecule has 0 fully saturated rings. The largest absolute Gasteiger partial charge is 0.494 e. The number of methoxy groups -OCH3 is 3. The highest BCUT2D eigenvalue weighted by Gasteiger charge is 2.18. The number of rotatable bonds is 4. The lowest BCUT2D eigenvalue weighted by atomic mass is 10.2. The molecule has 0 spiro atoms. The molecule has 1 aromatic rings. The van der Waals surface area contributed by atoms with Gasteiger partial charge in [-0.05, 0) is 12.1 Å². The predicted octanol–water partition coefficient (Wildman–Crippen LogP) is 1.04. The van der Waals surface area contributed by atoms with Crippen molar-refractivity contribution in [1.29, 1.82) is 0 Å². The second-order valence-corrected chi connectivity index (χ2v) is 3.78. The zero-order chi connectivity index (χ0) is 15.8. The lowest BCUT2D eigenvalue weighted by molar-refractivity contribution is 0.255. The van der Waals surface area contributed by atoms with E-state index in [2.05, 4.69) is 20.9 Å². The van der Waals surface area contributed by atoms with Crippen LogP contribution in [-0.4, -0.2) is 47.4 Å². The molecule has 0 saturated heterocycles. The van der Waals surface area contributed by atoms with Gasteiger partial charge in [-0.25, -0.2) is 4.79 Å². The van der Waals surface area contributed by atoms with Gasteiger partial charge in [-0.15, -0.1) is 0 Å². The first-order valence-corrected chi connectivity index (χ1v) is 6.12. The molecular formula is C13H20N4O4. The molecule has 2 amide bonds. The minimum atomic E-state index is -0.491. The molecule has 0 heterocycles. The molecule has 8 heteroatoms. The molecule has 0 aliphatic rings. The van der Waals surface area contributed by atoms with Crippen molar-refractivity contribution in [2.75, 3.05) is 40.7 Å². The Labute approximate surface area is 123 Å². The summed E-state index contributed by atoms with van der Waals surface area (Å²) in [5, 5.41) is 7.93. The van der Waals surface area contributed by atoms with Crippen molar-refractivity contribution in [2.24, 2.45) is 4.99 Å². The minimum Gasteiger partial charge on any atom is -0.494 e. The van der Waals surface area contributed by atoms with E-state index in [9.17, 15) is 4.79 Å². The summed E-state index contributed by atoms with van der Waals surface area (Å²) in [6, 6.07) is 2.87. The molecule has 0 aliphatic heterocycles. The first-order chi connectivity index (χ1) is 10.1. The van der Waals surface area contributed by atoms with Crippen molar-refractivity contribution < 1.29 is 19.0 Å². The monoisotopic (exact) mass is 296 g/mol. The zero-order valence-corrected chi connectivity index (χ0v) is 12.7. The fourth-order valence-corrected chi connectivity index (χ4v) is 1.68. The number of urea groups is 1. The third-order valence-corrected chi connectivity index (χ3v) is 2.66. The number of carbonyl (C=O) groups is 1. The summed E-state index contributed by atoms with van der Waals surface area (Å²) in [7, 11) is 7.69. The molecule has 0 unspecified atom stereocenters. The van der Waals surface area contributed by atoms with Crippen LogP contribution >= 0.6 is 0 Å². The molecule has 0 radical (unpaired) electrons. The standard InChI is InChI=1S/C13H20N4O4/c1-14-12(15-2)17-13(18)16-10-8(19-3)6-7-9(20-4)11(10)21-5/h6-7H,1-5H3,(H3,14,15,16,17,18). The van der Waals surface area contributed by atoms with Crippen molar-refractivity contribution in [3.63, 3.8) is 0 Å². The number of amides is 2. The maximum atomic E-state index is 12.0. The molecule has 0 aliphatic carbocycles. The molecule has 0 bridgehead atoms. The summed E-state index contributed by atoms with van der Waals surface area (Å²) in [4.78, 5) is 15.8. The Morgan fingerprint density at radius 2 is 1.71 bits per heavy atom. The van der Waals surface area contributed by atoms with Gasteiger partial charge in [0.25, 0.3) is 0 Å². The zero-order valence-electron chi connectivity index (χ0n) is 12.7. The van der Waals surface area contributed by atoms with E-state index in [1.807, 2.05) is 0 Å². The number of guanidine groups is 1. The van der Waals surface area contributed by atoms with Gasteiger partial charge in [0, 0.05) is 14.1 Å². The Morgan fingerprint density at radius 1 is 1.10 bits per heavy atom. The average Bonchev–Trinajstić information content (AvgIpc) is 2.51. The maximum Gasteiger partial charge on any atom is 0.326 e.